The number of ether oxygens (including phenoxy) is 1. The number of rotatable bonds is 4. The summed E-state index contributed by atoms with van der Waals surface area (Å²) in [5, 5.41) is 1.14. The molecule has 1 aromatic heterocycles. The highest BCUT2D eigenvalue weighted by Gasteiger charge is 2.07. The summed E-state index contributed by atoms with van der Waals surface area (Å²) in [6, 6.07) is 5.93. The van der Waals surface area contributed by atoms with Crippen LogP contribution >= 0.6 is 0 Å². The number of carbonyl (C=O) groups excluding carboxylic acids is 1. The number of carbonyl (C=O) groups is 1. The molecule has 0 unspecified atom stereocenters. The summed E-state index contributed by atoms with van der Waals surface area (Å²) >= 11 is 0. The average molecular weight is 217 g/mol. The molecule has 3 nitrogen and oxygen atoms in total. The van der Waals surface area contributed by atoms with Crippen LogP contribution in [-0.2, 0) is 11.2 Å². The fourth-order valence-electron chi connectivity index (χ4n) is 1.87. The molecule has 0 aliphatic carbocycles. The van der Waals surface area contributed by atoms with Gasteiger partial charge in [0.15, 0.2) is 0 Å². The van der Waals surface area contributed by atoms with Gasteiger partial charge in [-0.15, -0.1) is 0 Å². The molecule has 0 fully saturated rings. The molecule has 2 aromatic rings. The topological polar surface area (TPSA) is 42.1 Å². The number of benzene rings is 1. The van der Waals surface area contributed by atoms with E-state index in [1.54, 1.807) is 14.0 Å². The molecular formula is C13H15NO2. The number of methoxy groups -OCH3 is 1. The van der Waals surface area contributed by atoms with E-state index < -0.39 is 0 Å². The van der Waals surface area contributed by atoms with Crippen molar-refractivity contribution in [2.45, 2.75) is 19.8 Å². The average Bonchev–Trinajstić information content (AvgIpc) is 2.69. The van der Waals surface area contributed by atoms with Gasteiger partial charge in [0.05, 0.1) is 12.6 Å². The van der Waals surface area contributed by atoms with E-state index in [2.05, 4.69) is 4.98 Å². The fourth-order valence-corrected chi connectivity index (χ4v) is 1.87. The van der Waals surface area contributed by atoms with Gasteiger partial charge in [-0.1, -0.05) is 12.1 Å². The third kappa shape index (κ3) is 1.94. The van der Waals surface area contributed by atoms with Crippen molar-refractivity contribution in [1.82, 2.24) is 4.98 Å². The van der Waals surface area contributed by atoms with Crippen molar-refractivity contribution in [3.05, 3.63) is 30.0 Å². The Hall–Kier alpha value is -1.77. The molecule has 84 valence electrons. The van der Waals surface area contributed by atoms with Crippen molar-refractivity contribution < 1.29 is 9.53 Å². The second-order valence-electron chi connectivity index (χ2n) is 3.90. The van der Waals surface area contributed by atoms with Crippen molar-refractivity contribution in [1.29, 1.82) is 0 Å². The minimum atomic E-state index is 0.220. The fraction of sp³-hybridized carbons (Fsp3) is 0.308. The summed E-state index contributed by atoms with van der Waals surface area (Å²) in [6.07, 6.45) is 3.32. The van der Waals surface area contributed by atoms with E-state index in [4.69, 9.17) is 4.74 Å². The number of nitrogens with one attached hydrogen (secondary N) is 1. The van der Waals surface area contributed by atoms with Gasteiger partial charge >= 0.3 is 0 Å². The summed E-state index contributed by atoms with van der Waals surface area (Å²) in [6.45, 7) is 1.62. The van der Waals surface area contributed by atoms with E-state index in [1.165, 1.54) is 5.56 Å². The highest BCUT2D eigenvalue weighted by Crippen LogP contribution is 2.27. The van der Waals surface area contributed by atoms with Crippen LogP contribution in [0.25, 0.3) is 10.9 Å². The first-order valence-corrected chi connectivity index (χ1v) is 5.34. The van der Waals surface area contributed by atoms with Crippen molar-refractivity contribution in [2.24, 2.45) is 0 Å². The number of Topliss-reactive ketones (excluding diaryl/α,β-unsaturated/α-hetero) is 1. The smallest absolute Gasteiger partial charge is 0.142 e. The van der Waals surface area contributed by atoms with Gasteiger partial charge in [0.25, 0.3) is 0 Å². The molecule has 0 radical (unpaired) electrons. The lowest BCUT2D eigenvalue weighted by molar-refractivity contribution is -0.116. The van der Waals surface area contributed by atoms with E-state index in [0.717, 1.165) is 23.1 Å². The first-order valence-electron chi connectivity index (χ1n) is 5.34. The van der Waals surface area contributed by atoms with Gasteiger partial charge in [-0.3, -0.25) is 0 Å². The molecule has 1 N–H and O–H groups in total. The van der Waals surface area contributed by atoms with Crippen molar-refractivity contribution in [3.8, 4) is 5.75 Å². The number of ketones is 1. The van der Waals surface area contributed by atoms with Crippen LogP contribution in [0.15, 0.2) is 24.4 Å². The van der Waals surface area contributed by atoms with Crippen LogP contribution in [0, 0.1) is 0 Å². The first-order chi connectivity index (χ1) is 7.72. The Morgan fingerprint density at radius 2 is 2.25 bits per heavy atom. The number of aromatic amines is 1. The van der Waals surface area contributed by atoms with Crippen LogP contribution in [0.5, 0.6) is 5.75 Å². The van der Waals surface area contributed by atoms with Gasteiger partial charge in [-0.2, -0.15) is 0 Å². The van der Waals surface area contributed by atoms with Crippen molar-refractivity contribution in [3.63, 3.8) is 0 Å². The van der Waals surface area contributed by atoms with Crippen molar-refractivity contribution >= 4 is 16.7 Å². The molecule has 0 amide bonds. The lowest BCUT2D eigenvalue weighted by atomic mass is 10.1. The molecule has 0 saturated carbocycles. The van der Waals surface area contributed by atoms with Crippen LogP contribution in [0.4, 0.5) is 0 Å². The second kappa shape index (κ2) is 4.39. The minimum Gasteiger partial charge on any atom is -0.495 e. The lowest BCUT2D eigenvalue weighted by Crippen LogP contribution is -1.92. The molecule has 0 aliphatic heterocycles. The molecule has 0 saturated heterocycles. The van der Waals surface area contributed by atoms with E-state index in [1.807, 2.05) is 24.4 Å². The number of para-hydroxylation sites is 1. The predicted octanol–water partition coefficient (Wildman–Crippen LogP) is 2.70. The predicted molar refractivity (Wildman–Crippen MR) is 63.9 cm³/mol. The van der Waals surface area contributed by atoms with Gasteiger partial charge in [-0.25, -0.2) is 0 Å². The second-order valence-corrected chi connectivity index (χ2v) is 3.90. The lowest BCUT2D eigenvalue weighted by Gasteiger charge is -2.01. The highest BCUT2D eigenvalue weighted by molar-refractivity contribution is 5.88. The molecule has 1 aromatic carbocycles. The normalized spacial score (nSPS) is 10.6. The summed E-state index contributed by atoms with van der Waals surface area (Å²) in [5.74, 6) is 1.06. The largest absolute Gasteiger partial charge is 0.495 e. The maximum Gasteiger partial charge on any atom is 0.142 e. The Bertz CT molecular complexity index is 514. The standard InChI is InChI=1S/C13H15NO2/c1-9(15)6-7-10-8-14-13-11(10)4-3-5-12(13)16-2/h3-5,8,14H,6-7H2,1-2H3. The van der Waals surface area contributed by atoms with Crippen LogP contribution in [0.1, 0.15) is 18.9 Å². The first kappa shape index (κ1) is 10.7. The number of hydrogen-bond acceptors (Lipinski definition) is 2. The zero-order chi connectivity index (χ0) is 11.5. The van der Waals surface area contributed by atoms with Gasteiger partial charge in [0.1, 0.15) is 11.5 Å². The summed E-state index contributed by atoms with van der Waals surface area (Å²) in [5.41, 5.74) is 2.17. The summed E-state index contributed by atoms with van der Waals surface area (Å²) in [7, 11) is 1.66. The Labute approximate surface area is 94.4 Å². The van der Waals surface area contributed by atoms with Crippen LogP contribution in [-0.4, -0.2) is 17.9 Å². The van der Waals surface area contributed by atoms with Crippen LogP contribution in [0.3, 0.4) is 0 Å². The quantitative estimate of drug-likeness (QED) is 0.855. The third-order valence-electron chi connectivity index (χ3n) is 2.73. The molecule has 0 bridgehead atoms. The molecule has 3 heteroatoms. The molecular weight excluding hydrogens is 202 g/mol. The van der Waals surface area contributed by atoms with Crippen LogP contribution in [0.2, 0.25) is 0 Å². The van der Waals surface area contributed by atoms with E-state index >= 15 is 0 Å². The number of hydrogen-bond donors (Lipinski definition) is 1. The van der Waals surface area contributed by atoms with Gasteiger partial charge < -0.3 is 14.5 Å². The van der Waals surface area contributed by atoms with Crippen molar-refractivity contribution in [2.75, 3.05) is 7.11 Å². The summed E-state index contributed by atoms with van der Waals surface area (Å²) < 4.78 is 5.27. The maximum absolute atomic E-state index is 11.0. The Kier molecular flexibility index (Phi) is 2.95. The van der Waals surface area contributed by atoms with E-state index in [0.29, 0.717) is 6.42 Å². The number of H-pyrrole nitrogens is 1. The van der Waals surface area contributed by atoms with Gasteiger partial charge in [0.2, 0.25) is 0 Å². The Balaban J connectivity index is 2.37. The molecule has 1 heterocycles. The molecule has 0 aliphatic rings. The highest BCUT2D eigenvalue weighted by atomic mass is 16.5. The Morgan fingerprint density at radius 3 is 2.94 bits per heavy atom. The SMILES string of the molecule is COc1cccc2c(CCC(C)=O)c[nH]c12. The van der Waals surface area contributed by atoms with Gasteiger partial charge in [-0.05, 0) is 25.0 Å². The van der Waals surface area contributed by atoms with E-state index in [-0.39, 0.29) is 5.78 Å². The molecule has 0 spiro atoms. The molecule has 16 heavy (non-hydrogen) atoms. The Morgan fingerprint density at radius 1 is 1.44 bits per heavy atom. The summed E-state index contributed by atoms with van der Waals surface area (Å²) in [4.78, 5) is 14.2. The number of fused-ring (bicyclic) bond motifs is 1. The number of aromatic nitrogens is 1. The zero-order valence-corrected chi connectivity index (χ0v) is 9.54. The molecule has 0 atom stereocenters. The number of aryl methyl sites for hydroxylation is 1. The van der Waals surface area contributed by atoms with Crippen LogP contribution < -0.4 is 4.74 Å². The van der Waals surface area contributed by atoms with E-state index in [9.17, 15) is 4.79 Å². The monoisotopic (exact) mass is 217 g/mol. The zero-order valence-electron chi connectivity index (χ0n) is 9.54. The third-order valence-corrected chi connectivity index (χ3v) is 2.73. The minimum absolute atomic E-state index is 0.220. The molecule has 2 rings (SSSR count). The maximum atomic E-state index is 11.0. The van der Waals surface area contributed by atoms with Gasteiger partial charge in [0, 0.05) is 18.0 Å².